The Bertz CT molecular complexity index is 358. The van der Waals surface area contributed by atoms with E-state index in [4.69, 9.17) is 0 Å². The zero-order chi connectivity index (χ0) is 11.2. The van der Waals surface area contributed by atoms with Gasteiger partial charge in [0.05, 0.1) is 6.54 Å². The second-order valence-electron chi connectivity index (χ2n) is 3.98. The molecule has 1 aromatic rings. The fraction of sp³-hybridized carbons (Fsp3) is 0.545. The van der Waals surface area contributed by atoms with E-state index in [9.17, 15) is 4.79 Å². The summed E-state index contributed by atoms with van der Waals surface area (Å²) in [5.74, 6) is 0.558. The Morgan fingerprint density at radius 3 is 3.19 bits per heavy atom. The summed E-state index contributed by atoms with van der Waals surface area (Å²) in [6.07, 6.45) is 10.2. The van der Waals surface area contributed by atoms with Crippen LogP contribution in [0.3, 0.4) is 0 Å². The number of hydrogen-bond donors (Lipinski definition) is 1. The monoisotopic (exact) mass is 220 g/mol. The number of nitrogens with one attached hydrogen (secondary N) is 1. The molecule has 1 heterocycles. The normalized spacial score (nSPS) is 18.9. The molecule has 0 saturated heterocycles. The number of carbonyl (C=O) groups excluding carboxylic acids is 1. The number of nitrogens with zero attached hydrogens (tertiary/aromatic N) is 3. The summed E-state index contributed by atoms with van der Waals surface area (Å²) in [7, 11) is 0. The van der Waals surface area contributed by atoms with E-state index in [0.29, 0.717) is 25.4 Å². The summed E-state index contributed by atoms with van der Waals surface area (Å²) >= 11 is 0. The number of carbonyl (C=O) groups is 1. The molecule has 1 unspecified atom stereocenters. The first-order valence-corrected chi connectivity index (χ1v) is 5.60. The zero-order valence-electron chi connectivity index (χ0n) is 9.17. The Morgan fingerprint density at radius 1 is 1.56 bits per heavy atom. The van der Waals surface area contributed by atoms with Crippen molar-refractivity contribution in [3.05, 3.63) is 24.8 Å². The predicted octanol–water partition coefficient (Wildman–Crippen LogP) is 0.751. The van der Waals surface area contributed by atoms with Crippen molar-refractivity contribution in [3.63, 3.8) is 0 Å². The van der Waals surface area contributed by atoms with Gasteiger partial charge in [-0.3, -0.25) is 9.48 Å². The van der Waals surface area contributed by atoms with Crippen LogP contribution in [0.1, 0.15) is 19.3 Å². The molecule has 1 atom stereocenters. The lowest BCUT2D eigenvalue weighted by molar-refractivity contribution is -0.121. The smallest absolute Gasteiger partial charge is 0.220 e. The first kappa shape index (κ1) is 10.9. The molecule has 0 aromatic carbocycles. The van der Waals surface area contributed by atoms with Crippen molar-refractivity contribution in [2.24, 2.45) is 5.92 Å². The molecule has 0 radical (unpaired) electrons. The van der Waals surface area contributed by atoms with Gasteiger partial charge in [0.1, 0.15) is 12.7 Å². The molecule has 1 N–H and O–H groups in total. The fourth-order valence-corrected chi connectivity index (χ4v) is 1.83. The minimum atomic E-state index is 0.122. The number of aromatic nitrogens is 3. The minimum absolute atomic E-state index is 0.122. The van der Waals surface area contributed by atoms with Crippen molar-refractivity contribution in [2.45, 2.75) is 25.8 Å². The Morgan fingerprint density at radius 2 is 2.50 bits per heavy atom. The van der Waals surface area contributed by atoms with Crippen molar-refractivity contribution in [3.8, 4) is 0 Å². The van der Waals surface area contributed by atoms with Gasteiger partial charge in [-0.2, -0.15) is 5.10 Å². The largest absolute Gasteiger partial charge is 0.354 e. The average molecular weight is 220 g/mol. The van der Waals surface area contributed by atoms with Gasteiger partial charge in [-0.1, -0.05) is 12.2 Å². The standard InChI is InChI=1S/C11H16N4O/c16-11(7-10-3-1-2-4-10)13-5-6-15-9-12-8-14-15/h1,3,8-10H,2,4-7H2,(H,13,16). The quantitative estimate of drug-likeness (QED) is 0.745. The number of amides is 1. The third kappa shape index (κ3) is 3.18. The third-order valence-electron chi connectivity index (χ3n) is 2.69. The molecule has 2 rings (SSSR count). The predicted molar refractivity (Wildman–Crippen MR) is 59.5 cm³/mol. The second kappa shape index (κ2) is 5.44. The van der Waals surface area contributed by atoms with Gasteiger partial charge in [-0.25, -0.2) is 4.98 Å². The van der Waals surface area contributed by atoms with Crippen LogP contribution < -0.4 is 5.32 Å². The van der Waals surface area contributed by atoms with Crippen molar-refractivity contribution in [1.82, 2.24) is 20.1 Å². The van der Waals surface area contributed by atoms with Crippen LogP contribution in [-0.4, -0.2) is 27.2 Å². The maximum Gasteiger partial charge on any atom is 0.220 e. The van der Waals surface area contributed by atoms with Gasteiger partial charge in [0, 0.05) is 13.0 Å². The molecular formula is C11H16N4O. The Balaban J connectivity index is 1.62. The van der Waals surface area contributed by atoms with Crippen LogP contribution in [0.25, 0.3) is 0 Å². The van der Waals surface area contributed by atoms with E-state index in [1.807, 2.05) is 0 Å². The molecule has 1 aliphatic rings. The topological polar surface area (TPSA) is 59.8 Å². The first-order valence-electron chi connectivity index (χ1n) is 5.60. The highest BCUT2D eigenvalue weighted by Gasteiger charge is 2.13. The Kier molecular flexibility index (Phi) is 3.69. The maximum absolute atomic E-state index is 11.5. The van der Waals surface area contributed by atoms with E-state index in [0.717, 1.165) is 12.8 Å². The number of hydrogen-bond acceptors (Lipinski definition) is 3. The highest BCUT2D eigenvalue weighted by molar-refractivity contribution is 5.76. The van der Waals surface area contributed by atoms with Crippen LogP contribution in [0.4, 0.5) is 0 Å². The Labute approximate surface area is 94.6 Å². The van der Waals surface area contributed by atoms with Crippen LogP contribution in [-0.2, 0) is 11.3 Å². The van der Waals surface area contributed by atoms with Crippen molar-refractivity contribution < 1.29 is 4.79 Å². The highest BCUT2D eigenvalue weighted by atomic mass is 16.1. The van der Waals surface area contributed by atoms with Gasteiger partial charge in [0.2, 0.25) is 5.91 Å². The lowest BCUT2D eigenvalue weighted by Crippen LogP contribution is -2.28. The lowest BCUT2D eigenvalue weighted by atomic mass is 10.1. The van der Waals surface area contributed by atoms with Crippen molar-refractivity contribution in [1.29, 1.82) is 0 Å². The second-order valence-corrected chi connectivity index (χ2v) is 3.98. The molecule has 5 nitrogen and oxygen atoms in total. The molecule has 1 aromatic heterocycles. The van der Waals surface area contributed by atoms with Crippen LogP contribution in [0.2, 0.25) is 0 Å². The van der Waals surface area contributed by atoms with E-state index < -0.39 is 0 Å². The molecule has 86 valence electrons. The van der Waals surface area contributed by atoms with Crippen LogP contribution in [0.15, 0.2) is 24.8 Å². The summed E-state index contributed by atoms with van der Waals surface area (Å²) < 4.78 is 1.70. The zero-order valence-corrected chi connectivity index (χ0v) is 9.17. The maximum atomic E-state index is 11.5. The van der Waals surface area contributed by atoms with E-state index in [1.54, 1.807) is 11.0 Å². The van der Waals surface area contributed by atoms with E-state index >= 15 is 0 Å². The van der Waals surface area contributed by atoms with Crippen molar-refractivity contribution >= 4 is 5.91 Å². The van der Waals surface area contributed by atoms with Crippen LogP contribution >= 0.6 is 0 Å². The average Bonchev–Trinajstić information content (AvgIpc) is 2.90. The van der Waals surface area contributed by atoms with Gasteiger partial charge >= 0.3 is 0 Å². The molecule has 1 amide bonds. The minimum Gasteiger partial charge on any atom is -0.354 e. The van der Waals surface area contributed by atoms with Crippen LogP contribution in [0, 0.1) is 5.92 Å². The SMILES string of the molecule is O=C(CC1C=CCC1)NCCn1cncn1. The summed E-state index contributed by atoms with van der Waals surface area (Å²) in [4.78, 5) is 15.4. The molecule has 0 bridgehead atoms. The van der Waals surface area contributed by atoms with Gasteiger partial charge in [-0.05, 0) is 18.8 Å². The molecule has 0 fully saturated rings. The van der Waals surface area contributed by atoms with E-state index in [-0.39, 0.29) is 5.91 Å². The summed E-state index contributed by atoms with van der Waals surface area (Å²) in [6.45, 7) is 1.28. The fourth-order valence-electron chi connectivity index (χ4n) is 1.83. The molecular weight excluding hydrogens is 204 g/mol. The molecule has 0 saturated carbocycles. The molecule has 1 aliphatic carbocycles. The lowest BCUT2D eigenvalue weighted by Gasteiger charge is -2.08. The molecule has 0 aliphatic heterocycles. The van der Waals surface area contributed by atoms with Crippen LogP contribution in [0.5, 0.6) is 0 Å². The molecule has 16 heavy (non-hydrogen) atoms. The van der Waals surface area contributed by atoms with Crippen molar-refractivity contribution in [2.75, 3.05) is 6.54 Å². The van der Waals surface area contributed by atoms with Gasteiger partial charge in [0.15, 0.2) is 0 Å². The molecule has 0 spiro atoms. The third-order valence-corrected chi connectivity index (χ3v) is 2.69. The summed E-state index contributed by atoms with van der Waals surface area (Å²) in [5.41, 5.74) is 0. The highest BCUT2D eigenvalue weighted by Crippen LogP contribution is 2.19. The summed E-state index contributed by atoms with van der Waals surface area (Å²) in [5, 5.41) is 6.85. The first-order chi connectivity index (χ1) is 7.84. The Hall–Kier alpha value is -1.65. The van der Waals surface area contributed by atoms with Gasteiger partial charge in [-0.15, -0.1) is 0 Å². The van der Waals surface area contributed by atoms with E-state index in [2.05, 4.69) is 27.6 Å². The van der Waals surface area contributed by atoms with E-state index in [1.165, 1.54) is 6.33 Å². The van der Waals surface area contributed by atoms with Gasteiger partial charge in [0.25, 0.3) is 0 Å². The number of rotatable bonds is 5. The van der Waals surface area contributed by atoms with Gasteiger partial charge < -0.3 is 5.32 Å². The summed E-state index contributed by atoms with van der Waals surface area (Å²) in [6, 6.07) is 0. The molecule has 5 heteroatoms. The number of allylic oxidation sites excluding steroid dienone is 2.